The number of carbonyl (C=O) groups is 3. The van der Waals surface area contributed by atoms with Crippen LogP contribution in [0, 0.1) is 5.92 Å². The molecule has 2 heterocycles. The van der Waals surface area contributed by atoms with Crippen LogP contribution in [0.15, 0.2) is 0 Å². The van der Waals surface area contributed by atoms with Crippen LogP contribution < -0.4 is 0 Å². The molecule has 0 aromatic carbocycles. The van der Waals surface area contributed by atoms with E-state index in [1.165, 1.54) is 9.96 Å². The van der Waals surface area contributed by atoms with Gasteiger partial charge in [0.05, 0.1) is 0 Å². The Morgan fingerprint density at radius 3 is 2.38 bits per heavy atom. The standard InChI is InChI=1S/C13H21N3O4.CH4/c1-10-9-12(18)16(13(10)19)4-2-3-11(17)14-5-7-15(20)8-6-14;/h10,20H,2-9H2,1H3;1H4. The van der Waals surface area contributed by atoms with E-state index in [-0.39, 0.29) is 37.5 Å². The zero-order valence-corrected chi connectivity index (χ0v) is 11.7. The van der Waals surface area contributed by atoms with Gasteiger partial charge in [0.2, 0.25) is 17.7 Å². The lowest BCUT2D eigenvalue weighted by Gasteiger charge is -2.31. The van der Waals surface area contributed by atoms with Gasteiger partial charge >= 0.3 is 0 Å². The number of nitrogens with zero attached hydrogens (tertiary/aromatic N) is 3. The highest BCUT2D eigenvalue weighted by Gasteiger charge is 2.35. The van der Waals surface area contributed by atoms with Crippen LogP contribution in [0.4, 0.5) is 0 Å². The molecular formula is C14H25N3O4. The summed E-state index contributed by atoms with van der Waals surface area (Å²) in [5.41, 5.74) is 0. The molecule has 2 aliphatic heterocycles. The molecule has 2 rings (SSSR count). The maximum Gasteiger partial charge on any atom is 0.232 e. The molecule has 0 radical (unpaired) electrons. The van der Waals surface area contributed by atoms with Gasteiger partial charge in [-0.2, -0.15) is 5.06 Å². The number of hydrogen-bond donors (Lipinski definition) is 1. The summed E-state index contributed by atoms with van der Waals surface area (Å²) in [5, 5.41) is 10.4. The summed E-state index contributed by atoms with van der Waals surface area (Å²) in [7, 11) is 0. The minimum Gasteiger partial charge on any atom is -0.340 e. The second kappa shape index (κ2) is 7.51. The monoisotopic (exact) mass is 299 g/mol. The van der Waals surface area contributed by atoms with E-state index >= 15 is 0 Å². The first-order valence-electron chi connectivity index (χ1n) is 7.05. The van der Waals surface area contributed by atoms with Crippen LogP contribution in [0.25, 0.3) is 0 Å². The van der Waals surface area contributed by atoms with Gasteiger partial charge in [-0.15, -0.1) is 0 Å². The second-order valence-corrected chi connectivity index (χ2v) is 5.43. The highest BCUT2D eigenvalue weighted by molar-refractivity contribution is 6.03. The molecule has 0 aromatic rings. The van der Waals surface area contributed by atoms with Gasteiger partial charge in [0.15, 0.2) is 0 Å². The molecule has 7 nitrogen and oxygen atoms in total. The van der Waals surface area contributed by atoms with Gasteiger partial charge in [0.25, 0.3) is 0 Å². The maximum atomic E-state index is 11.9. The molecule has 0 spiro atoms. The fourth-order valence-electron chi connectivity index (χ4n) is 2.58. The quantitative estimate of drug-likeness (QED) is 0.757. The van der Waals surface area contributed by atoms with Gasteiger partial charge in [-0.25, -0.2) is 0 Å². The number of likely N-dealkylation sites (tertiary alicyclic amines) is 1. The number of imide groups is 1. The Morgan fingerprint density at radius 1 is 1.24 bits per heavy atom. The van der Waals surface area contributed by atoms with Crippen molar-refractivity contribution in [1.82, 2.24) is 14.9 Å². The van der Waals surface area contributed by atoms with Crippen molar-refractivity contribution in [1.29, 1.82) is 0 Å². The first-order chi connectivity index (χ1) is 9.49. The molecule has 2 fully saturated rings. The number of piperazine rings is 1. The molecule has 0 aromatic heterocycles. The molecule has 3 amide bonds. The predicted molar refractivity (Wildman–Crippen MR) is 76.4 cm³/mol. The molecule has 0 bridgehead atoms. The number of hydroxylamine groups is 2. The van der Waals surface area contributed by atoms with Crippen LogP contribution >= 0.6 is 0 Å². The summed E-state index contributed by atoms with van der Waals surface area (Å²) >= 11 is 0. The number of carbonyl (C=O) groups excluding carboxylic acids is 3. The lowest BCUT2D eigenvalue weighted by molar-refractivity contribution is -0.147. The third kappa shape index (κ3) is 4.25. The van der Waals surface area contributed by atoms with Crippen molar-refractivity contribution >= 4 is 17.7 Å². The fraction of sp³-hybridized carbons (Fsp3) is 0.786. The summed E-state index contributed by atoms with van der Waals surface area (Å²) in [5.74, 6) is -0.471. The zero-order chi connectivity index (χ0) is 14.7. The van der Waals surface area contributed by atoms with Gasteiger partial charge in [-0.3, -0.25) is 19.3 Å². The Kier molecular flexibility index (Phi) is 6.29. The van der Waals surface area contributed by atoms with Gasteiger partial charge in [-0.05, 0) is 6.42 Å². The smallest absolute Gasteiger partial charge is 0.232 e. The molecule has 1 atom stereocenters. The maximum absolute atomic E-state index is 11.9. The van der Waals surface area contributed by atoms with E-state index in [0.717, 1.165) is 0 Å². The molecule has 1 unspecified atom stereocenters. The van der Waals surface area contributed by atoms with Crippen molar-refractivity contribution in [3.63, 3.8) is 0 Å². The van der Waals surface area contributed by atoms with Crippen molar-refractivity contribution in [2.75, 3.05) is 32.7 Å². The Hall–Kier alpha value is -1.47. The largest absolute Gasteiger partial charge is 0.340 e. The molecule has 2 saturated heterocycles. The molecule has 0 saturated carbocycles. The van der Waals surface area contributed by atoms with Gasteiger partial charge in [0.1, 0.15) is 0 Å². The molecule has 120 valence electrons. The predicted octanol–water partition coefficient (Wildman–Crippen LogP) is 0.331. The highest BCUT2D eigenvalue weighted by Crippen LogP contribution is 2.19. The van der Waals surface area contributed by atoms with Crippen molar-refractivity contribution in [3.05, 3.63) is 0 Å². The fourth-order valence-corrected chi connectivity index (χ4v) is 2.58. The second-order valence-electron chi connectivity index (χ2n) is 5.43. The van der Waals surface area contributed by atoms with Crippen LogP contribution in [-0.2, 0) is 14.4 Å². The van der Waals surface area contributed by atoms with E-state index in [0.29, 0.717) is 45.6 Å². The van der Waals surface area contributed by atoms with Crippen molar-refractivity contribution in [2.45, 2.75) is 33.6 Å². The van der Waals surface area contributed by atoms with E-state index < -0.39 is 0 Å². The third-order valence-electron chi connectivity index (χ3n) is 3.85. The molecule has 21 heavy (non-hydrogen) atoms. The first-order valence-corrected chi connectivity index (χ1v) is 7.05. The molecule has 2 aliphatic rings. The average molecular weight is 299 g/mol. The van der Waals surface area contributed by atoms with Gasteiger partial charge < -0.3 is 10.1 Å². The third-order valence-corrected chi connectivity index (χ3v) is 3.85. The average Bonchev–Trinajstić information content (AvgIpc) is 2.65. The molecule has 0 aliphatic carbocycles. The zero-order valence-electron chi connectivity index (χ0n) is 11.7. The van der Waals surface area contributed by atoms with Crippen LogP contribution in [0.2, 0.25) is 0 Å². The summed E-state index contributed by atoms with van der Waals surface area (Å²) in [6, 6.07) is 0. The SMILES string of the molecule is C.CC1CC(=O)N(CCCC(=O)N2CCN(O)CC2)C1=O. The minimum atomic E-state index is -0.226. The highest BCUT2D eigenvalue weighted by atomic mass is 16.5. The van der Waals surface area contributed by atoms with E-state index in [9.17, 15) is 19.6 Å². The van der Waals surface area contributed by atoms with Crippen LogP contribution in [0.5, 0.6) is 0 Å². The molecular weight excluding hydrogens is 274 g/mol. The summed E-state index contributed by atoms with van der Waals surface area (Å²) in [6.45, 7) is 4.05. The van der Waals surface area contributed by atoms with Gasteiger partial charge in [0, 0.05) is 51.5 Å². The topological polar surface area (TPSA) is 81.2 Å². The first kappa shape index (κ1) is 17.6. The van der Waals surface area contributed by atoms with E-state index in [1.807, 2.05) is 0 Å². The molecule has 1 N–H and O–H groups in total. The van der Waals surface area contributed by atoms with Crippen molar-refractivity contribution in [3.8, 4) is 0 Å². The van der Waals surface area contributed by atoms with Gasteiger partial charge in [-0.1, -0.05) is 14.4 Å². The van der Waals surface area contributed by atoms with Crippen LogP contribution in [0.1, 0.15) is 33.6 Å². The van der Waals surface area contributed by atoms with E-state index in [2.05, 4.69) is 0 Å². The normalized spacial score (nSPS) is 23.4. The Balaban J connectivity index is 0.00000220. The molecule has 7 heteroatoms. The lowest BCUT2D eigenvalue weighted by Crippen LogP contribution is -2.47. The summed E-state index contributed by atoms with van der Waals surface area (Å²) in [4.78, 5) is 38.2. The van der Waals surface area contributed by atoms with Crippen molar-refractivity contribution < 1.29 is 19.6 Å². The lowest BCUT2D eigenvalue weighted by atomic mass is 10.1. The Labute approximate surface area is 125 Å². The number of hydrogen-bond acceptors (Lipinski definition) is 5. The van der Waals surface area contributed by atoms with E-state index in [1.54, 1.807) is 11.8 Å². The van der Waals surface area contributed by atoms with Crippen LogP contribution in [-0.4, -0.2) is 70.5 Å². The minimum absolute atomic E-state index is 0. The number of rotatable bonds is 4. The Bertz CT molecular complexity index is 405. The van der Waals surface area contributed by atoms with E-state index in [4.69, 9.17) is 0 Å². The summed E-state index contributed by atoms with van der Waals surface area (Å²) in [6.07, 6.45) is 1.12. The van der Waals surface area contributed by atoms with Crippen LogP contribution in [0.3, 0.4) is 0 Å². The summed E-state index contributed by atoms with van der Waals surface area (Å²) < 4.78 is 0. The number of amides is 3. The van der Waals surface area contributed by atoms with Crippen molar-refractivity contribution in [2.24, 2.45) is 5.92 Å². The Morgan fingerprint density at radius 2 is 1.86 bits per heavy atom.